The highest BCUT2D eigenvalue weighted by atomic mass is 35.5. The summed E-state index contributed by atoms with van der Waals surface area (Å²) in [6, 6.07) is 10.5. The number of hydrogen-bond acceptors (Lipinski definition) is 8. The highest BCUT2D eigenvalue weighted by Crippen LogP contribution is 2.25. The Bertz CT molecular complexity index is 1170. The second-order valence-electron chi connectivity index (χ2n) is 5.90. The van der Waals surface area contributed by atoms with Gasteiger partial charge >= 0.3 is 0 Å². The Labute approximate surface area is 189 Å². The van der Waals surface area contributed by atoms with Crippen molar-refractivity contribution in [1.82, 2.24) is 15.6 Å². The molecule has 158 valence electrons. The lowest BCUT2D eigenvalue weighted by Crippen LogP contribution is -2.19. The summed E-state index contributed by atoms with van der Waals surface area (Å²) >= 11 is 12.6. The maximum Gasteiger partial charge on any atom is 0.287 e. The standard InChI is InChI=1S/C18H12Cl2N6O4S/c19-12-4-1-10(2-5-12)9-21-23-15(27)8-16-24-25-18(31-16)22-17(28)11-3-6-14(26(29)30)13(20)7-11/h1-7,9H,8H2,(H,23,27)(H,22,25,28)/b21-9-. The molecule has 10 nitrogen and oxygen atoms in total. The third kappa shape index (κ3) is 6.28. The Balaban J connectivity index is 1.54. The minimum absolute atomic E-state index is 0.0884. The van der Waals surface area contributed by atoms with Gasteiger partial charge in [-0.05, 0) is 29.8 Å². The molecule has 0 saturated carbocycles. The summed E-state index contributed by atoms with van der Waals surface area (Å²) in [6.07, 6.45) is 1.38. The molecule has 0 aliphatic carbocycles. The predicted molar refractivity (Wildman–Crippen MR) is 117 cm³/mol. The van der Waals surface area contributed by atoms with Crippen LogP contribution < -0.4 is 10.7 Å². The summed E-state index contributed by atoms with van der Waals surface area (Å²) in [5.41, 5.74) is 2.94. The van der Waals surface area contributed by atoms with Crippen LogP contribution in [0.4, 0.5) is 10.8 Å². The second kappa shape index (κ2) is 10.1. The van der Waals surface area contributed by atoms with E-state index < -0.39 is 16.7 Å². The maximum atomic E-state index is 12.3. The highest BCUT2D eigenvalue weighted by molar-refractivity contribution is 7.15. The zero-order chi connectivity index (χ0) is 22.4. The first-order valence-corrected chi connectivity index (χ1v) is 10.0. The topological polar surface area (TPSA) is 139 Å². The van der Waals surface area contributed by atoms with Crippen LogP contribution in [-0.2, 0) is 11.2 Å². The fraction of sp³-hybridized carbons (Fsp3) is 0.0556. The highest BCUT2D eigenvalue weighted by Gasteiger charge is 2.17. The third-order valence-electron chi connectivity index (χ3n) is 3.68. The number of nitro benzene ring substituents is 1. The zero-order valence-corrected chi connectivity index (χ0v) is 17.7. The Morgan fingerprint density at radius 1 is 1.16 bits per heavy atom. The number of halogens is 2. The minimum Gasteiger partial charge on any atom is -0.296 e. The van der Waals surface area contributed by atoms with Gasteiger partial charge in [-0.1, -0.05) is 46.7 Å². The average Bonchev–Trinajstić information content (AvgIpc) is 3.15. The lowest BCUT2D eigenvalue weighted by Gasteiger charge is -2.02. The number of hydrogen-bond donors (Lipinski definition) is 2. The van der Waals surface area contributed by atoms with E-state index in [2.05, 4.69) is 26.0 Å². The largest absolute Gasteiger partial charge is 0.296 e. The Morgan fingerprint density at radius 2 is 1.90 bits per heavy atom. The minimum atomic E-state index is -0.647. The molecule has 31 heavy (non-hydrogen) atoms. The zero-order valence-electron chi connectivity index (χ0n) is 15.4. The van der Waals surface area contributed by atoms with Crippen LogP contribution >= 0.6 is 34.5 Å². The SMILES string of the molecule is O=C(Cc1nnc(NC(=O)c2ccc([N+](=O)[O-])c(Cl)c2)s1)N/N=C\c1ccc(Cl)cc1. The Kier molecular flexibility index (Phi) is 7.23. The molecular weight excluding hydrogens is 467 g/mol. The Hall–Kier alpha value is -3.41. The van der Waals surface area contributed by atoms with Crippen molar-refractivity contribution in [2.45, 2.75) is 6.42 Å². The molecule has 0 atom stereocenters. The van der Waals surface area contributed by atoms with Crippen molar-refractivity contribution in [3.63, 3.8) is 0 Å². The molecule has 0 bridgehead atoms. The van der Waals surface area contributed by atoms with Crippen LogP contribution in [0.1, 0.15) is 20.9 Å². The quantitative estimate of drug-likeness (QED) is 0.301. The van der Waals surface area contributed by atoms with Crippen molar-refractivity contribution in [2.75, 3.05) is 5.32 Å². The molecule has 1 aromatic heterocycles. The van der Waals surface area contributed by atoms with Crippen molar-refractivity contribution in [2.24, 2.45) is 5.10 Å². The number of carbonyl (C=O) groups excluding carboxylic acids is 2. The normalized spacial score (nSPS) is 10.8. The molecule has 2 amide bonds. The molecule has 0 aliphatic rings. The number of nitro groups is 1. The number of nitrogens with one attached hydrogen (secondary N) is 2. The maximum absolute atomic E-state index is 12.3. The summed E-state index contributed by atoms with van der Waals surface area (Å²) in [7, 11) is 0. The van der Waals surface area contributed by atoms with Crippen molar-refractivity contribution in [1.29, 1.82) is 0 Å². The van der Waals surface area contributed by atoms with Gasteiger partial charge in [-0.3, -0.25) is 25.0 Å². The van der Waals surface area contributed by atoms with Crippen molar-refractivity contribution in [3.05, 3.63) is 78.8 Å². The van der Waals surface area contributed by atoms with Gasteiger partial charge in [0.2, 0.25) is 11.0 Å². The number of hydrazone groups is 1. The summed E-state index contributed by atoms with van der Waals surface area (Å²) < 4.78 is 0. The molecule has 2 aromatic carbocycles. The first kappa shape index (κ1) is 22.3. The number of benzene rings is 2. The summed E-state index contributed by atoms with van der Waals surface area (Å²) in [6.45, 7) is 0. The fourth-order valence-corrected chi connectivity index (χ4v) is 3.35. The van der Waals surface area contributed by atoms with Crippen molar-refractivity contribution in [3.8, 4) is 0 Å². The molecule has 0 spiro atoms. The molecule has 0 aliphatic heterocycles. The smallest absolute Gasteiger partial charge is 0.287 e. The first-order chi connectivity index (χ1) is 14.8. The van der Waals surface area contributed by atoms with E-state index in [9.17, 15) is 19.7 Å². The van der Waals surface area contributed by atoms with Gasteiger partial charge in [0.15, 0.2) is 0 Å². The number of rotatable bonds is 7. The van der Waals surface area contributed by atoms with E-state index in [1.54, 1.807) is 24.3 Å². The van der Waals surface area contributed by atoms with Crippen LogP contribution in [0.15, 0.2) is 47.6 Å². The number of aromatic nitrogens is 2. The molecule has 3 rings (SSSR count). The molecule has 13 heteroatoms. The second-order valence-corrected chi connectivity index (χ2v) is 7.81. The molecular formula is C18H12Cl2N6O4S. The summed E-state index contributed by atoms with van der Waals surface area (Å²) in [5.74, 6) is -0.988. The van der Waals surface area contributed by atoms with Crippen LogP contribution in [-0.4, -0.2) is 33.1 Å². The first-order valence-electron chi connectivity index (χ1n) is 8.47. The van der Waals surface area contributed by atoms with E-state index in [1.807, 2.05) is 0 Å². The van der Waals surface area contributed by atoms with E-state index in [0.29, 0.717) is 10.0 Å². The molecule has 1 heterocycles. The number of carbonyl (C=O) groups is 2. The number of anilines is 1. The van der Waals surface area contributed by atoms with E-state index >= 15 is 0 Å². The monoisotopic (exact) mass is 478 g/mol. The third-order valence-corrected chi connectivity index (χ3v) is 5.07. The fourth-order valence-electron chi connectivity index (χ4n) is 2.25. The van der Waals surface area contributed by atoms with Gasteiger partial charge in [0, 0.05) is 16.7 Å². The van der Waals surface area contributed by atoms with Crippen molar-refractivity contribution < 1.29 is 14.5 Å². The molecule has 3 aromatic rings. The predicted octanol–water partition coefficient (Wildman–Crippen LogP) is 3.70. The van der Waals surface area contributed by atoms with Gasteiger partial charge < -0.3 is 0 Å². The molecule has 0 unspecified atom stereocenters. The number of amides is 2. The molecule has 0 radical (unpaired) electrons. The van der Waals surface area contributed by atoms with E-state index in [1.165, 1.54) is 18.3 Å². The van der Waals surface area contributed by atoms with Crippen molar-refractivity contribution >= 4 is 63.4 Å². The van der Waals surface area contributed by atoms with E-state index in [4.69, 9.17) is 23.2 Å². The summed E-state index contributed by atoms with van der Waals surface area (Å²) in [4.78, 5) is 34.4. The van der Waals surface area contributed by atoms with Crippen LogP contribution in [0, 0.1) is 10.1 Å². The lowest BCUT2D eigenvalue weighted by molar-refractivity contribution is -0.384. The van der Waals surface area contributed by atoms with Crippen LogP contribution in [0.25, 0.3) is 0 Å². The van der Waals surface area contributed by atoms with Crippen LogP contribution in [0.3, 0.4) is 0 Å². The molecule has 0 fully saturated rings. The van der Waals surface area contributed by atoms with Gasteiger partial charge in [0.1, 0.15) is 10.0 Å². The van der Waals surface area contributed by atoms with E-state index in [-0.39, 0.29) is 27.8 Å². The average molecular weight is 479 g/mol. The molecule has 2 N–H and O–H groups in total. The van der Waals surface area contributed by atoms with E-state index in [0.717, 1.165) is 23.0 Å². The molecule has 0 saturated heterocycles. The van der Waals surface area contributed by atoms with Gasteiger partial charge in [-0.15, -0.1) is 10.2 Å². The van der Waals surface area contributed by atoms with Gasteiger partial charge in [-0.25, -0.2) is 5.43 Å². The van der Waals surface area contributed by atoms with Gasteiger partial charge in [-0.2, -0.15) is 5.10 Å². The lowest BCUT2D eigenvalue weighted by atomic mass is 10.2. The van der Waals surface area contributed by atoms with Crippen LogP contribution in [0.5, 0.6) is 0 Å². The van der Waals surface area contributed by atoms with Crippen LogP contribution in [0.2, 0.25) is 10.0 Å². The van der Waals surface area contributed by atoms with Gasteiger partial charge in [0.05, 0.1) is 17.6 Å². The summed E-state index contributed by atoms with van der Waals surface area (Å²) in [5, 5.41) is 25.7. The number of nitrogens with zero attached hydrogens (tertiary/aromatic N) is 4. The van der Waals surface area contributed by atoms with Gasteiger partial charge in [0.25, 0.3) is 11.6 Å². The Morgan fingerprint density at radius 3 is 2.58 bits per heavy atom.